The normalized spacial score (nSPS) is 13.2. The molecule has 0 saturated carbocycles. The van der Waals surface area contributed by atoms with Gasteiger partial charge in [-0.05, 0) is 33.9 Å². The van der Waals surface area contributed by atoms with Gasteiger partial charge in [0.15, 0.2) is 0 Å². The highest BCUT2D eigenvalue weighted by Gasteiger charge is 1.91. The molecule has 9 heteroatoms. The van der Waals surface area contributed by atoms with Crippen LogP contribution in [-0.4, -0.2) is 83.4 Å². The zero-order chi connectivity index (χ0) is 21.3. The molecule has 0 saturated heterocycles. The first-order valence-corrected chi connectivity index (χ1v) is 8.86. The van der Waals surface area contributed by atoms with Gasteiger partial charge in [0.05, 0.1) is 19.8 Å². The number of hydrogen-bond acceptors (Lipinski definition) is 8. The number of rotatable bonds is 7. The molecule has 0 fully saturated rings. The summed E-state index contributed by atoms with van der Waals surface area (Å²) in [5, 5.41) is 20.6. The number of nitrogens with one attached hydrogen (secondary N) is 1. The van der Waals surface area contributed by atoms with Crippen LogP contribution in [0, 0.1) is 0 Å². The Morgan fingerprint density at radius 1 is 0.923 bits per heavy atom. The van der Waals surface area contributed by atoms with Crippen LogP contribution in [0.2, 0.25) is 0 Å². The molecular formula is C17H48ClN4O4-. The summed E-state index contributed by atoms with van der Waals surface area (Å²) in [5.41, 5.74) is 15.3. The first kappa shape index (κ1) is 40.6. The lowest BCUT2D eigenvalue weighted by Crippen LogP contribution is -2.28. The smallest absolute Gasteiger partial charge is 0.0613 e. The number of halogens is 1. The second-order valence-electron chi connectivity index (χ2n) is 5.38. The first-order valence-electron chi connectivity index (χ1n) is 8.11. The molecule has 0 heterocycles. The van der Waals surface area contributed by atoms with Crippen molar-refractivity contribution in [2.24, 2.45) is 17.2 Å². The Balaban J connectivity index is -0.0000000494. The van der Waals surface area contributed by atoms with Crippen LogP contribution in [0.15, 0.2) is 0 Å². The van der Waals surface area contributed by atoms with E-state index in [0.29, 0.717) is 12.6 Å². The van der Waals surface area contributed by atoms with Crippen molar-refractivity contribution in [1.29, 1.82) is 0 Å². The molecule has 8 N–H and O–H groups in total. The largest absolute Gasteiger partial charge is 0.853 e. The fourth-order valence-corrected chi connectivity index (χ4v) is 0.596. The monoisotopic (exact) mass is 407 g/mol. The van der Waals surface area contributed by atoms with E-state index in [1.54, 1.807) is 28.1 Å². The topological polar surface area (TPSA) is 152 Å². The molecule has 168 valence electrons. The number of nitrogens with two attached hydrogens (primary N) is 3. The number of likely N-dealkylation sites (N-methyl/N-ethyl adjacent to an activating group) is 1. The second kappa shape index (κ2) is 39.9. The van der Waals surface area contributed by atoms with Crippen molar-refractivity contribution in [3.63, 3.8) is 0 Å². The van der Waals surface area contributed by atoms with Crippen LogP contribution in [0.5, 0.6) is 0 Å². The zero-order valence-electron chi connectivity index (χ0n) is 17.4. The van der Waals surface area contributed by atoms with Crippen LogP contribution >= 0.6 is 11.6 Å². The minimum atomic E-state index is -0.171. The van der Waals surface area contributed by atoms with Crippen LogP contribution in [0.4, 0.5) is 0 Å². The molecular weight excluding hydrogens is 360 g/mol. The highest BCUT2D eigenvalue weighted by molar-refractivity contribution is 6.15. The van der Waals surface area contributed by atoms with E-state index in [0.717, 1.165) is 6.61 Å². The summed E-state index contributed by atoms with van der Waals surface area (Å²) in [6.45, 7) is 8.77. The summed E-state index contributed by atoms with van der Waals surface area (Å²) < 4.78 is 9.51. The van der Waals surface area contributed by atoms with Gasteiger partial charge < -0.3 is 42.2 Å². The van der Waals surface area contributed by atoms with Crippen LogP contribution in [0.3, 0.4) is 0 Å². The summed E-state index contributed by atoms with van der Waals surface area (Å²) in [7, 11) is 5.26. The van der Waals surface area contributed by atoms with Crippen LogP contribution in [-0.2, 0) is 9.47 Å². The molecule has 0 aliphatic carbocycles. The molecule has 0 amide bonds. The van der Waals surface area contributed by atoms with Gasteiger partial charge in [-0.3, -0.25) is 0 Å². The van der Waals surface area contributed by atoms with Gasteiger partial charge in [0, 0.05) is 38.7 Å². The van der Waals surface area contributed by atoms with E-state index in [4.69, 9.17) is 27.0 Å². The Hall–Kier alpha value is -0.0300. The lowest BCUT2D eigenvalue weighted by molar-refractivity contribution is -0.370. The lowest BCUT2D eigenvalue weighted by Gasteiger charge is -2.05. The standard InChI is InChI=1S/C5H13NO.C4H11NO.C3H9NO.C3H8NO.CH3Cl.CH4/c1-5(6-2)4-7-3;1-4(5)3-6-2;2*1-3(4)2-5;1-2;/h5-6H,4H2,1-3H3;4H,3,5H2,1-2H3;3,5H,2,4H2,1H3;3H,2,4H2,1H3;1H3;1H4/q;;;-1;;/t5-;4-;2*3-;;/m0000../s1. The summed E-state index contributed by atoms with van der Waals surface area (Å²) in [4.78, 5) is 0. The molecule has 0 unspecified atom stereocenters. The van der Waals surface area contributed by atoms with Crippen LogP contribution < -0.4 is 27.6 Å². The maximum absolute atomic E-state index is 9.50. The van der Waals surface area contributed by atoms with Gasteiger partial charge in [-0.25, -0.2) is 0 Å². The first-order chi connectivity index (χ1) is 11.6. The Kier molecular flexibility index (Phi) is 62.3. The summed E-state index contributed by atoms with van der Waals surface area (Å²) in [6.07, 6.45) is 1.47. The van der Waals surface area contributed by atoms with Gasteiger partial charge in [0.1, 0.15) is 0 Å². The molecule has 0 spiro atoms. The SMILES string of the molecule is C.CCl.CN[C@@H](C)COC.COC[C@H](C)N.C[C@H](N)CO.C[C@H](N)C[O-]. The van der Waals surface area contributed by atoms with Crippen molar-refractivity contribution in [1.82, 2.24) is 5.32 Å². The van der Waals surface area contributed by atoms with Crippen molar-refractivity contribution in [3.8, 4) is 0 Å². The summed E-state index contributed by atoms with van der Waals surface area (Å²) in [5.74, 6) is 0. The minimum absolute atomic E-state index is 0. The van der Waals surface area contributed by atoms with E-state index in [-0.39, 0.29) is 38.8 Å². The average Bonchev–Trinajstić information content (AvgIpc) is 2.58. The third-order valence-electron chi connectivity index (χ3n) is 1.89. The van der Waals surface area contributed by atoms with E-state index in [2.05, 4.69) is 28.6 Å². The maximum Gasteiger partial charge on any atom is 0.0613 e. The maximum atomic E-state index is 9.50. The molecule has 0 aliphatic heterocycles. The van der Waals surface area contributed by atoms with Crippen molar-refractivity contribution >= 4 is 11.6 Å². The Labute approximate surface area is 167 Å². The van der Waals surface area contributed by atoms with E-state index >= 15 is 0 Å². The molecule has 0 aliphatic rings. The fourth-order valence-electron chi connectivity index (χ4n) is 0.596. The Morgan fingerprint density at radius 2 is 1.23 bits per heavy atom. The summed E-state index contributed by atoms with van der Waals surface area (Å²) >= 11 is 4.64. The van der Waals surface area contributed by atoms with E-state index in [9.17, 15) is 5.11 Å². The van der Waals surface area contributed by atoms with Crippen molar-refractivity contribution in [2.75, 3.05) is 54.1 Å². The highest BCUT2D eigenvalue weighted by Crippen LogP contribution is 1.76. The lowest BCUT2D eigenvalue weighted by atomic mass is 10.4. The summed E-state index contributed by atoms with van der Waals surface area (Å²) in [6, 6.07) is 0.421. The molecule has 0 rings (SSSR count). The van der Waals surface area contributed by atoms with Crippen LogP contribution in [0.25, 0.3) is 0 Å². The number of hydrogen-bond donors (Lipinski definition) is 5. The number of methoxy groups -OCH3 is 2. The molecule has 8 nitrogen and oxygen atoms in total. The number of aliphatic hydroxyl groups excluding tert-OH is 1. The fraction of sp³-hybridized carbons (Fsp3) is 1.00. The van der Waals surface area contributed by atoms with Crippen molar-refractivity contribution in [3.05, 3.63) is 0 Å². The zero-order valence-corrected chi connectivity index (χ0v) is 18.2. The molecule has 26 heavy (non-hydrogen) atoms. The van der Waals surface area contributed by atoms with Gasteiger partial charge in [-0.1, -0.05) is 14.4 Å². The third kappa shape index (κ3) is 88.3. The third-order valence-corrected chi connectivity index (χ3v) is 1.89. The number of aliphatic hydroxyl groups is 1. The molecule has 0 aromatic rings. The second-order valence-corrected chi connectivity index (χ2v) is 5.38. The molecule has 0 radical (unpaired) electrons. The quantitative estimate of drug-likeness (QED) is 0.361. The van der Waals surface area contributed by atoms with Crippen molar-refractivity contribution < 1.29 is 19.7 Å². The van der Waals surface area contributed by atoms with Gasteiger partial charge >= 0.3 is 0 Å². The molecule has 4 atom stereocenters. The van der Waals surface area contributed by atoms with Gasteiger partial charge in [-0.2, -0.15) is 0 Å². The predicted molar refractivity (Wildman–Crippen MR) is 114 cm³/mol. The van der Waals surface area contributed by atoms with Gasteiger partial charge in [-0.15, -0.1) is 18.2 Å². The average molecular weight is 408 g/mol. The number of ether oxygens (including phenoxy) is 2. The van der Waals surface area contributed by atoms with E-state index in [1.807, 2.05) is 14.0 Å². The minimum Gasteiger partial charge on any atom is -0.853 e. The number of alkyl halides is 1. The molecule has 0 aromatic heterocycles. The molecule has 0 aromatic carbocycles. The predicted octanol–water partition coefficient (Wildman–Crippen LogP) is -0.268. The van der Waals surface area contributed by atoms with Crippen LogP contribution in [0.1, 0.15) is 35.1 Å². The van der Waals surface area contributed by atoms with E-state index < -0.39 is 0 Å². The highest BCUT2D eigenvalue weighted by atomic mass is 35.5. The van der Waals surface area contributed by atoms with E-state index in [1.165, 1.54) is 6.38 Å². The van der Waals surface area contributed by atoms with Gasteiger partial charge in [0.2, 0.25) is 0 Å². The molecule has 0 bridgehead atoms. The Morgan fingerprint density at radius 3 is 1.27 bits per heavy atom. The van der Waals surface area contributed by atoms with Crippen molar-refractivity contribution in [2.45, 2.75) is 59.3 Å². The van der Waals surface area contributed by atoms with Gasteiger partial charge in [0.25, 0.3) is 0 Å². The Bertz CT molecular complexity index is 184.